The molecule has 2 atom stereocenters. The van der Waals surface area contributed by atoms with E-state index >= 15 is 0 Å². The van der Waals surface area contributed by atoms with Gasteiger partial charge in [0.1, 0.15) is 6.61 Å². The van der Waals surface area contributed by atoms with E-state index in [-0.39, 0.29) is 36.2 Å². The number of likely N-dealkylation sites (N-methyl/N-ethyl adjacent to an activating group) is 1. The topological polar surface area (TPSA) is 99.1 Å². The van der Waals surface area contributed by atoms with Crippen molar-refractivity contribution in [2.45, 2.75) is 187 Å². The molecule has 1 N–H and O–H groups in total. The number of rotatable bonds is 42. The van der Waals surface area contributed by atoms with Crippen LogP contribution < -0.4 is 0 Å². The predicted octanol–water partition coefficient (Wildman–Crippen LogP) is 13.9. The Morgan fingerprint density at radius 1 is 0.516 bits per heavy atom. The Balaban J connectivity index is 4.35. The average molecular weight is 865 g/mol. The highest BCUT2D eigenvalue weighted by Crippen LogP contribution is 2.14. The summed E-state index contributed by atoms with van der Waals surface area (Å²) in [4.78, 5) is 37.1. The summed E-state index contributed by atoms with van der Waals surface area (Å²) in [6.07, 6.45) is 58.7. The van der Waals surface area contributed by atoms with Crippen LogP contribution in [0.15, 0.2) is 97.2 Å². The average Bonchev–Trinajstić information content (AvgIpc) is 3.23. The van der Waals surface area contributed by atoms with Gasteiger partial charge in [-0.3, -0.25) is 9.59 Å². The van der Waals surface area contributed by atoms with Crippen molar-refractivity contribution in [3.8, 4) is 0 Å². The lowest BCUT2D eigenvalue weighted by molar-refractivity contribution is -0.887. The number of carboxylic acid groups (broad SMARTS) is 1. The number of carbonyl (C=O) groups excluding carboxylic acids is 2. The molecule has 2 unspecified atom stereocenters. The maximum absolute atomic E-state index is 12.8. The van der Waals surface area contributed by atoms with E-state index in [1.54, 1.807) is 0 Å². The Labute approximate surface area is 379 Å². The summed E-state index contributed by atoms with van der Waals surface area (Å²) in [5, 5.41) is 9.65. The number of quaternary nitrogens is 1. The molecule has 8 heteroatoms. The SMILES string of the molecule is CC/C=C/C/C=C/C/C=C/CCCCCCCCCCCCC(=O)OC(COCCC(C(=O)O)[N+](C)(C)C)COC(=O)CCCCCCC/C=C/C=C/C=C/C=C/C=C/CCC. The van der Waals surface area contributed by atoms with Crippen LogP contribution in [0.4, 0.5) is 0 Å². The fraction of sp³-hybridized carbons (Fsp3) is 0.648. The molecule has 0 rings (SSSR count). The molecule has 0 aliphatic heterocycles. The summed E-state index contributed by atoms with van der Waals surface area (Å²) in [6.45, 7) is 4.50. The summed E-state index contributed by atoms with van der Waals surface area (Å²) < 4.78 is 17.3. The molecule has 8 nitrogen and oxygen atoms in total. The molecule has 0 spiro atoms. The Bertz CT molecular complexity index is 1330. The Hall–Kier alpha value is -3.75. The van der Waals surface area contributed by atoms with Gasteiger partial charge in [0.2, 0.25) is 0 Å². The van der Waals surface area contributed by atoms with Gasteiger partial charge in [0, 0.05) is 19.3 Å². The molecule has 0 bridgehead atoms. The van der Waals surface area contributed by atoms with Crippen LogP contribution >= 0.6 is 0 Å². The lowest BCUT2D eigenvalue weighted by Crippen LogP contribution is -2.50. The van der Waals surface area contributed by atoms with E-state index in [1.165, 1.54) is 57.8 Å². The molecule has 62 heavy (non-hydrogen) atoms. The number of hydrogen-bond donors (Lipinski definition) is 1. The number of nitrogens with zero attached hydrogens (tertiary/aromatic N) is 1. The third-order valence-electron chi connectivity index (χ3n) is 10.3. The number of ether oxygens (including phenoxy) is 3. The van der Waals surface area contributed by atoms with Crippen molar-refractivity contribution >= 4 is 17.9 Å². The van der Waals surface area contributed by atoms with E-state index in [4.69, 9.17) is 14.2 Å². The van der Waals surface area contributed by atoms with Gasteiger partial charge in [0.05, 0.1) is 34.4 Å². The highest BCUT2D eigenvalue weighted by molar-refractivity contribution is 5.72. The van der Waals surface area contributed by atoms with Crippen molar-refractivity contribution in [2.24, 2.45) is 0 Å². The maximum Gasteiger partial charge on any atom is 0.362 e. The number of allylic oxidation sites excluding steroid dienone is 16. The summed E-state index contributed by atoms with van der Waals surface area (Å²) in [5.74, 6) is -1.51. The van der Waals surface area contributed by atoms with Gasteiger partial charge in [-0.05, 0) is 64.2 Å². The molecule has 0 radical (unpaired) electrons. The molecule has 0 aliphatic rings. The van der Waals surface area contributed by atoms with Crippen LogP contribution in [0.2, 0.25) is 0 Å². The Morgan fingerprint density at radius 2 is 0.968 bits per heavy atom. The summed E-state index contributed by atoms with van der Waals surface area (Å²) in [7, 11) is 5.51. The summed E-state index contributed by atoms with van der Waals surface area (Å²) >= 11 is 0. The quantitative estimate of drug-likeness (QED) is 0.0214. The van der Waals surface area contributed by atoms with Gasteiger partial charge in [0.25, 0.3) is 0 Å². The third-order valence-corrected chi connectivity index (χ3v) is 10.3. The minimum atomic E-state index is -0.883. The van der Waals surface area contributed by atoms with Crippen LogP contribution in [-0.4, -0.2) is 80.6 Å². The van der Waals surface area contributed by atoms with E-state index in [9.17, 15) is 19.5 Å². The first-order valence-corrected chi connectivity index (χ1v) is 24.3. The molecular weight excluding hydrogens is 775 g/mol. The number of unbranched alkanes of at least 4 members (excludes halogenated alkanes) is 16. The number of carbonyl (C=O) groups is 3. The van der Waals surface area contributed by atoms with E-state index in [2.05, 4.69) is 74.6 Å². The van der Waals surface area contributed by atoms with Gasteiger partial charge in [-0.25, -0.2) is 4.79 Å². The highest BCUT2D eigenvalue weighted by atomic mass is 16.6. The lowest BCUT2D eigenvalue weighted by atomic mass is 10.0. The molecule has 0 amide bonds. The molecule has 0 fully saturated rings. The maximum atomic E-state index is 12.8. The zero-order valence-corrected chi connectivity index (χ0v) is 40.0. The van der Waals surface area contributed by atoms with Crippen LogP contribution in [0.5, 0.6) is 0 Å². The molecule has 0 aromatic carbocycles. The van der Waals surface area contributed by atoms with Gasteiger partial charge >= 0.3 is 17.9 Å². The van der Waals surface area contributed by atoms with E-state index in [1.807, 2.05) is 57.6 Å². The lowest BCUT2D eigenvalue weighted by Gasteiger charge is -2.31. The molecule has 0 heterocycles. The second-order valence-electron chi connectivity index (χ2n) is 17.1. The van der Waals surface area contributed by atoms with Crippen molar-refractivity contribution in [1.82, 2.24) is 0 Å². The van der Waals surface area contributed by atoms with Crippen molar-refractivity contribution in [2.75, 3.05) is 41.0 Å². The fourth-order valence-corrected chi connectivity index (χ4v) is 6.61. The molecule has 0 saturated heterocycles. The normalized spacial score (nSPS) is 13.8. The van der Waals surface area contributed by atoms with E-state index in [0.29, 0.717) is 19.3 Å². The zero-order valence-electron chi connectivity index (χ0n) is 40.0. The molecule has 352 valence electrons. The monoisotopic (exact) mass is 865 g/mol. The van der Waals surface area contributed by atoms with Gasteiger partial charge in [-0.2, -0.15) is 0 Å². The zero-order chi connectivity index (χ0) is 45.6. The number of carboxylic acids is 1. The van der Waals surface area contributed by atoms with Crippen LogP contribution in [0.1, 0.15) is 174 Å². The molecule has 0 aliphatic carbocycles. The standard InChI is InChI=1S/C54H89NO7/c1-6-8-10-12-14-16-18-20-22-24-26-27-29-31-33-35-37-39-41-43-45-53(57)62-50(48-60-47-46-51(54(58)59)55(3,4)5)49-61-52(56)44-42-40-38-36-34-32-30-28-25-23-21-19-17-15-13-11-9-7-2/h8,10-11,13-17,19-23,25,28,30,50-51H,6-7,9,12,18,24,26-27,29,31-49H2,1-5H3/p+1/b10-8+,13-11+,16-14+,17-15+,21-19+,22-20+,25-23+,30-28+. The minimum Gasteiger partial charge on any atom is -0.477 e. The number of esters is 2. The molecule has 0 aromatic rings. The van der Waals surface area contributed by atoms with Gasteiger partial charge < -0.3 is 23.8 Å². The minimum absolute atomic E-state index is 0.0452. The first kappa shape index (κ1) is 58.2. The van der Waals surface area contributed by atoms with Crippen LogP contribution in [0.25, 0.3) is 0 Å². The summed E-state index contributed by atoms with van der Waals surface area (Å²) in [5.41, 5.74) is 0. The van der Waals surface area contributed by atoms with E-state index in [0.717, 1.165) is 83.5 Å². The van der Waals surface area contributed by atoms with Crippen LogP contribution in [0.3, 0.4) is 0 Å². The largest absolute Gasteiger partial charge is 0.477 e. The highest BCUT2D eigenvalue weighted by Gasteiger charge is 2.31. The second kappa shape index (κ2) is 43.9. The van der Waals surface area contributed by atoms with Crippen molar-refractivity contribution in [3.63, 3.8) is 0 Å². The first-order chi connectivity index (χ1) is 30.1. The fourth-order valence-electron chi connectivity index (χ4n) is 6.61. The van der Waals surface area contributed by atoms with Gasteiger partial charge in [-0.15, -0.1) is 0 Å². The number of aliphatic carboxylic acids is 1. The smallest absolute Gasteiger partial charge is 0.362 e. The molecular formula is C54H90NO7+. The van der Waals surface area contributed by atoms with Crippen molar-refractivity contribution in [1.29, 1.82) is 0 Å². The first-order valence-electron chi connectivity index (χ1n) is 24.3. The Morgan fingerprint density at radius 3 is 1.48 bits per heavy atom. The molecule has 0 aromatic heterocycles. The molecule has 0 saturated carbocycles. The van der Waals surface area contributed by atoms with Crippen molar-refractivity contribution in [3.05, 3.63) is 97.2 Å². The van der Waals surface area contributed by atoms with Crippen LogP contribution in [0, 0.1) is 0 Å². The van der Waals surface area contributed by atoms with Crippen LogP contribution in [-0.2, 0) is 28.6 Å². The Kier molecular flexibility index (Phi) is 41.2. The predicted molar refractivity (Wildman–Crippen MR) is 261 cm³/mol. The second-order valence-corrected chi connectivity index (χ2v) is 17.1. The van der Waals surface area contributed by atoms with E-state index < -0.39 is 18.1 Å². The number of hydrogen-bond acceptors (Lipinski definition) is 6. The van der Waals surface area contributed by atoms with Gasteiger partial charge in [0.15, 0.2) is 12.1 Å². The third kappa shape index (κ3) is 41.6. The van der Waals surface area contributed by atoms with Gasteiger partial charge in [-0.1, -0.05) is 188 Å². The summed E-state index contributed by atoms with van der Waals surface area (Å²) in [6, 6.07) is -0.625. The van der Waals surface area contributed by atoms with Crippen molar-refractivity contribution < 1.29 is 38.2 Å².